The van der Waals surface area contributed by atoms with Crippen molar-refractivity contribution in [3.63, 3.8) is 0 Å². The van der Waals surface area contributed by atoms with Crippen LogP contribution in [0.1, 0.15) is 52.0 Å². The molecule has 1 aliphatic rings. The minimum absolute atomic E-state index is 0.197. The number of rotatable bonds is 7. The molecule has 2 amide bonds. The molecule has 6 heteroatoms. The number of carbonyl (C=O) groups is 3. The van der Waals surface area contributed by atoms with Gasteiger partial charge in [0.05, 0.1) is 5.41 Å². The number of benzene rings is 1. The molecule has 1 saturated heterocycles. The summed E-state index contributed by atoms with van der Waals surface area (Å²) in [5.74, 6) is -1.70. The number of hydrogen-bond donors (Lipinski definition) is 2. The molecular weight excluding hydrogens is 332 g/mol. The van der Waals surface area contributed by atoms with Crippen molar-refractivity contribution >= 4 is 23.5 Å². The highest BCUT2D eigenvalue weighted by Gasteiger charge is 2.37. The van der Waals surface area contributed by atoms with Gasteiger partial charge in [0.25, 0.3) is 0 Å². The van der Waals surface area contributed by atoms with Crippen molar-refractivity contribution in [2.24, 2.45) is 11.3 Å². The molecule has 1 aliphatic heterocycles. The first kappa shape index (κ1) is 19.9. The van der Waals surface area contributed by atoms with Crippen molar-refractivity contribution in [1.29, 1.82) is 0 Å². The number of aliphatic carboxylic acids is 1. The monoisotopic (exact) mass is 360 g/mol. The van der Waals surface area contributed by atoms with E-state index in [4.69, 9.17) is 5.11 Å². The summed E-state index contributed by atoms with van der Waals surface area (Å²) in [5, 5.41) is 11.8. The van der Waals surface area contributed by atoms with Crippen molar-refractivity contribution < 1.29 is 19.5 Å². The van der Waals surface area contributed by atoms with Gasteiger partial charge in [0.1, 0.15) is 5.92 Å². The standard InChI is InChI=1S/C20H28N2O4/c1-13(2)14-5-7-15(8-6-14)22-12-9-16(18(22)24)17(23)21-11-10-20(3,4)19(25)26/h5-8,13,16H,9-12H2,1-4H3,(H,21,23)(H,25,26). The Morgan fingerprint density at radius 2 is 1.88 bits per heavy atom. The molecule has 1 fully saturated rings. The Morgan fingerprint density at radius 1 is 1.27 bits per heavy atom. The third-order valence-electron chi connectivity index (χ3n) is 5.02. The van der Waals surface area contributed by atoms with Crippen molar-refractivity contribution in [1.82, 2.24) is 5.32 Å². The lowest BCUT2D eigenvalue weighted by Crippen LogP contribution is -2.39. The van der Waals surface area contributed by atoms with Gasteiger partial charge in [0.15, 0.2) is 0 Å². The highest BCUT2D eigenvalue weighted by atomic mass is 16.4. The molecule has 0 bridgehead atoms. The zero-order valence-electron chi connectivity index (χ0n) is 15.9. The zero-order chi connectivity index (χ0) is 19.5. The number of nitrogens with zero attached hydrogens (tertiary/aromatic N) is 1. The first-order valence-electron chi connectivity index (χ1n) is 9.06. The molecule has 1 atom stereocenters. The molecule has 0 aliphatic carbocycles. The zero-order valence-corrected chi connectivity index (χ0v) is 15.9. The Morgan fingerprint density at radius 3 is 2.42 bits per heavy atom. The van der Waals surface area contributed by atoms with Crippen LogP contribution in [0.4, 0.5) is 5.69 Å². The molecule has 6 nitrogen and oxygen atoms in total. The second-order valence-corrected chi connectivity index (χ2v) is 7.81. The molecule has 26 heavy (non-hydrogen) atoms. The largest absolute Gasteiger partial charge is 0.481 e. The van der Waals surface area contributed by atoms with Gasteiger partial charge in [-0.3, -0.25) is 14.4 Å². The minimum Gasteiger partial charge on any atom is -0.481 e. The van der Waals surface area contributed by atoms with Crippen LogP contribution in [0.5, 0.6) is 0 Å². The number of carboxylic acid groups (broad SMARTS) is 1. The number of carboxylic acids is 1. The average molecular weight is 360 g/mol. The fraction of sp³-hybridized carbons (Fsp3) is 0.550. The molecule has 2 N–H and O–H groups in total. The maximum Gasteiger partial charge on any atom is 0.309 e. The normalized spacial score (nSPS) is 17.7. The molecule has 1 heterocycles. The Bertz CT molecular complexity index is 680. The van der Waals surface area contributed by atoms with E-state index in [0.717, 1.165) is 5.69 Å². The van der Waals surface area contributed by atoms with E-state index in [-0.39, 0.29) is 18.4 Å². The Balaban J connectivity index is 1.93. The second kappa shape index (κ2) is 7.89. The second-order valence-electron chi connectivity index (χ2n) is 7.81. The van der Waals surface area contributed by atoms with E-state index in [1.165, 1.54) is 5.56 Å². The topological polar surface area (TPSA) is 86.7 Å². The van der Waals surface area contributed by atoms with Gasteiger partial charge >= 0.3 is 5.97 Å². The van der Waals surface area contributed by atoms with Gasteiger partial charge in [0.2, 0.25) is 11.8 Å². The summed E-state index contributed by atoms with van der Waals surface area (Å²) in [6, 6.07) is 7.86. The predicted molar refractivity (Wildman–Crippen MR) is 100 cm³/mol. The van der Waals surface area contributed by atoms with Crippen LogP contribution in [-0.2, 0) is 14.4 Å². The number of hydrogen-bond acceptors (Lipinski definition) is 3. The smallest absolute Gasteiger partial charge is 0.309 e. The van der Waals surface area contributed by atoms with E-state index in [9.17, 15) is 14.4 Å². The number of anilines is 1. The van der Waals surface area contributed by atoms with Crippen molar-refractivity contribution in [2.45, 2.75) is 46.5 Å². The summed E-state index contributed by atoms with van der Waals surface area (Å²) < 4.78 is 0. The Labute approximate surface area is 154 Å². The number of nitrogens with one attached hydrogen (secondary N) is 1. The maximum absolute atomic E-state index is 12.6. The van der Waals surface area contributed by atoms with E-state index < -0.39 is 17.3 Å². The van der Waals surface area contributed by atoms with Crippen LogP contribution >= 0.6 is 0 Å². The molecule has 1 aromatic rings. The van der Waals surface area contributed by atoms with E-state index in [1.807, 2.05) is 24.3 Å². The highest BCUT2D eigenvalue weighted by molar-refractivity contribution is 6.09. The van der Waals surface area contributed by atoms with Gasteiger partial charge in [-0.05, 0) is 50.3 Å². The lowest BCUT2D eigenvalue weighted by atomic mass is 9.89. The van der Waals surface area contributed by atoms with Crippen LogP contribution in [-0.4, -0.2) is 36.0 Å². The first-order chi connectivity index (χ1) is 12.1. The van der Waals surface area contributed by atoms with E-state index >= 15 is 0 Å². The molecule has 0 aromatic heterocycles. The summed E-state index contributed by atoms with van der Waals surface area (Å²) >= 11 is 0. The molecule has 0 spiro atoms. The minimum atomic E-state index is -0.906. The van der Waals surface area contributed by atoms with Gasteiger partial charge < -0.3 is 15.3 Å². The van der Waals surface area contributed by atoms with Crippen LogP contribution in [0.25, 0.3) is 0 Å². The third-order valence-corrected chi connectivity index (χ3v) is 5.02. The van der Waals surface area contributed by atoms with E-state index in [2.05, 4.69) is 19.2 Å². The fourth-order valence-electron chi connectivity index (χ4n) is 2.95. The summed E-state index contributed by atoms with van der Waals surface area (Å²) in [6.07, 6.45) is 0.786. The Kier molecular flexibility index (Phi) is 6.05. The van der Waals surface area contributed by atoms with Gasteiger partial charge in [-0.25, -0.2) is 0 Å². The molecule has 2 rings (SSSR count). The van der Waals surface area contributed by atoms with Crippen LogP contribution in [0.15, 0.2) is 24.3 Å². The maximum atomic E-state index is 12.6. The van der Waals surface area contributed by atoms with Gasteiger partial charge in [-0.2, -0.15) is 0 Å². The number of carbonyl (C=O) groups excluding carboxylic acids is 2. The molecule has 0 saturated carbocycles. The highest BCUT2D eigenvalue weighted by Crippen LogP contribution is 2.27. The van der Waals surface area contributed by atoms with Crippen LogP contribution in [0, 0.1) is 11.3 Å². The lowest BCUT2D eigenvalue weighted by molar-refractivity contribution is -0.147. The molecule has 0 radical (unpaired) electrons. The van der Waals surface area contributed by atoms with Gasteiger partial charge in [-0.1, -0.05) is 26.0 Å². The fourth-order valence-corrected chi connectivity index (χ4v) is 2.95. The number of amides is 2. The van der Waals surface area contributed by atoms with Crippen LogP contribution in [0.2, 0.25) is 0 Å². The van der Waals surface area contributed by atoms with E-state index in [0.29, 0.717) is 25.3 Å². The van der Waals surface area contributed by atoms with Gasteiger partial charge in [-0.15, -0.1) is 0 Å². The van der Waals surface area contributed by atoms with Crippen molar-refractivity contribution in [2.75, 3.05) is 18.0 Å². The van der Waals surface area contributed by atoms with E-state index in [1.54, 1.807) is 18.7 Å². The molecule has 142 valence electrons. The Hall–Kier alpha value is -2.37. The SMILES string of the molecule is CC(C)c1ccc(N2CCC(C(=O)NCCC(C)(C)C(=O)O)C2=O)cc1. The van der Waals surface area contributed by atoms with Crippen molar-refractivity contribution in [3.8, 4) is 0 Å². The summed E-state index contributed by atoms with van der Waals surface area (Å²) in [4.78, 5) is 37.7. The summed E-state index contributed by atoms with van der Waals surface area (Å²) in [7, 11) is 0. The van der Waals surface area contributed by atoms with Crippen LogP contribution < -0.4 is 10.2 Å². The third kappa shape index (κ3) is 4.42. The predicted octanol–water partition coefficient (Wildman–Crippen LogP) is 2.78. The molecule has 1 unspecified atom stereocenters. The van der Waals surface area contributed by atoms with Crippen molar-refractivity contribution in [3.05, 3.63) is 29.8 Å². The first-order valence-corrected chi connectivity index (χ1v) is 9.06. The van der Waals surface area contributed by atoms with Gasteiger partial charge in [0, 0.05) is 18.8 Å². The molecule has 1 aromatic carbocycles. The molecular formula is C20H28N2O4. The quantitative estimate of drug-likeness (QED) is 0.732. The van der Waals surface area contributed by atoms with Crippen LogP contribution in [0.3, 0.4) is 0 Å². The average Bonchev–Trinajstić information content (AvgIpc) is 2.96. The summed E-state index contributed by atoms with van der Waals surface area (Å²) in [5.41, 5.74) is 1.11. The summed E-state index contributed by atoms with van der Waals surface area (Å²) in [6.45, 7) is 8.21. The lowest BCUT2D eigenvalue weighted by Gasteiger charge is -2.20.